The van der Waals surface area contributed by atoms with Crippen LogP contribution >= 0.6 is 0 Å². The van der Waals surface area contributed by atoms with Crippen LogP contribution in [-0.4, -0.2) is 48.6 Å². The van der Waals surface area contributed by atoms with Crippen LogP contribution in [0, 0.1) is 0 Å². The first-order chi connectivity index (χ1) is 15.5. The second-order valence-electron chi connectivity index (χ2n) is 7.06. The quantitative estimate of drug-likeness (QED) is 0.524. The summed E-state index contributed by atoms with van der Waals surface area (Å²) in [6.45, 7) is 5.61. The van der Waals surface area contributed by atoms with Crippen molar-refractivity contribution in [1.82, 2.24) is 15.2 Å². The molecule has 0 atom stereocenters. The van der Waals surface area contributed by atoms with Gasteiger partial charge in [-0.3, -0.25) is 4.79 Å². The number of amides is 3. The van der Waals surface area contributed by atoms with Crippen LogP contribution in [0.3, 0.4) is 0 Å². The van der Waals surface area contributed by atoms with E-state index >= 15 is 0 Å². The summed E-state index contributed by atoms with van der Waals surface area (Å²) >= 11 is 0. The monoisotopic (exact) mass is 436 g/mol. The maximum atomic E-state index is 12.3. The molecule has 1 aromatic heterocycles. The molecule has 8 nitrogen and oxygen atoms in total. The van der Waals surface area contributed by atoms with Crippen molar-refractivity contribution < 1.29 is 18.7 Å². The van der Waals surface area contributed by atoms with Gasteiger partial charge >= 0.3 is 6.03 Å². The van der Waals surface area contributed by atoms with Crippen molar-refractivity contribution in [3.8, 4) is 17.2 Å². The first-order valence-electron chi connectivity index (χ1n) is 10.6. The van der Waals surface area contributed by atoms with E-state index in [9.17, 15) is 9.59 Å². The maximum Gasteiger partial charge on any atom is 0.319 e. The Morgan fingerprint density at radius 2 is 1.72 bits per heavy atom. The summed E-state index contributed by atoms with van der Waals surface area (Å²) in [6, 6.07) is 14.0. The van der Waals surface area contributed by atoms with E-state index in [2.05, 4.69) is 15.6 Å². The third kappa shape index (κ3) is 5.87. The number of carbonyl (C=O) groups excluding carboxylic acids is 2. The highest BCUT2D eigenvalue weighted by Crippen LogP contribution is 2.21. The molecule has 2 aromatic carbocycles. The lowest BCUT2D eigenvalue weighted by atomic mass is 10.2. The lowest BCUT2D eigenvalue weighted by Gasteiger charge is -2.18. The van der Waals surface area contributed by atoms with Gasteiger partial charge in [-0.15, -0.1) is 0 Å². The molecule has 32 heavy (non-hydrogen) atoms. The van der Waals surface area contributed by atoms with Gasteiger partial charge in [0, 0.05) is 42.9 Å². The van der Waals surface area contributed by atoms with E-state index in [0.29, 0.717) is 43.2 Å². The number of nitrogens with one attached hydrogen (secondary N) is 2. The first-order valence-corrected chi connectivity index (χ1v) is 10.6. The van der Waals surface area contributed by atoms with Crippen LogP contribution in [0.25, 0.3) is 11.5 Å². The van der Waals surface area contributed by atoms with Gasteiger partial charge in [-0.25, -0.2) is 9.78 Å². The second-order valence-corrected chi connectivity index (χ2v) is 7.06. The van der Waals surface area contributed by atoms with E-state index in [1.165, 1.54) is 0 Å². The van der Waals surface area contributed by atoms with Gasteiger partial charge in [0.2, 0.25) is 5.89 Å². The molecule has 3 amide bonds. The molecule has 0 aliphatic carbocycles. The molecule has 3 aromatic rings. The lowest BCUT2D eigenvalue weighted by Crippen LogP contribution is -2.31. The van der Waals surface area contributed by atoms with Gasteiger partial charge in [-0.1, -0.05) is 0 Å². The Morgan fingerprint density at radius 3 is 2.34 bits per heavy atom. The molecule has 0 aliphatic rings. The predicted molar refractivity (Wildman–Crippen MR) is 123 cm³/mol. The number of benzene rings is 2. The van der Waals surface area contributed by atoms with E-state index < -0.39 is 0 Å². The number of urea groups is 1. The van der Waals surface area contributed by atoms with Gasteiger partial charge in [0.25, 0.3) is 5.91 Å². The highest BCUT2D eigenvalue weighted by atomic mass is 16.5. The minimum atomic E-state index is -0.327. The minimum absolute atomic E-state index is 0.0207. The van der Waals surface area contributed by atoms with Gasteiger partial charge in [-0.05, 0) is 62.4 Å². The zero-order valence-corrected chi connectivity index (χ0v) is 18.6. The average molecular weight is 437 g/mol. The molecule has 2 N–H and O–H groups in total. The van der Waals surface area contributed by atoms with Crippen molar-refractivity contribution in [2.45, 2.75) is 20.3 Å². The number of methoxy groups -OCH3 is 1. The van der Waals surface area contributed by atoms with Crippen LogP contribution in [-0.2, 0) is 6.42 Å². The molecule has 8 heteroatoms. The van der Waals surface area contributed by atoms with Crippen LogP contribution in [0.4, 0.5) is 10.5 Å². The topological polar surface area (TPSA) is 96.7 Å². The van der Waals surface area contributed by atoms with Crippen LogP contribution in [0.2, 0.25) is 0 Å². The number of ether oxygens (including phenoxy) is 1. The zero-order chi connectivity index (χ0) is 22.9. The molecule has 0 bridgehead atoms. The van der Waals surface area contributed by atoms with Gasteiger partial charge in [0.1, 0.15) is 12.0 Å². The minimum Gasteiger partial charge on any atom is -0.497 e. The number of rotatable bonds is 9. The van der Waals surface area contributed by atoms with Gasteiger partial charge in [-0.2, -0.15) is 0 Å². The molecule has 3 rings (SSSR count). The summed E-state index contributed by atoms with van der Waals surface area (Å²) in [5, 5.41) is 5.56. The van der Waals surface area contributed by atoms with Crippen molar-refractivity contribution in [3.05, 3.63) is 66.1 Å². The van der Waals surface area contributed by atoms with E-state index in [1.54, 1.807) is 42.5 Å². The Labute approximate surface area is 187 Å². The number of aromatic nitrogens is 1. The summed E-state index contributed by atoms with van der Waals surface area (Å²) in [6.07, 6.45) is 2.12. The molecule has 0 radical (unpaired) electrons. The number of nitrogens with zero attached hydrogens (tertiary/aromatic N) is 2. The normalized spacial score (nSPS) is 10.5. The Hall–Kier alpha value is -3.81. The van der Waals surface area contributed by atoms with Crippen LogP contribution in [0.15, 0.2) is 59.2 Å². The van der Waals surface area contributed by atoms with Crippen molar-refractivity contribution in [3.63, 3.8) is 0 Å². The highest BCUT2D eigenvalue weighted by Gasteiger charge is 2.12. The summed E-state index contributed by atoms with van der Waals surface area (Å²) < 4.78 is 10.7. The van der Waals surface area contributed by atoms with Crippen molar-refractivity contribution in [1.29, 1.82) is 0 Å². The fourth-order valence-corrected chi connectivity index (χ4v) is 3.16. The van der Waals surface area contributed by atoms with Crippen molar-refractivity contribution in [2.75, 3.05) is 32.1 Å². The fourth-order valence-electron chi connectivity index (χ4n) is 3.16. The third-order valence-corrected chi connectivity index (χ3v) is 5.00. The standard InChI is InChI=1S/C24H28N4O4/c1-4-28(5-2)23(29)18-6-10-19(11-7-18)27-24(30)25-15-14-20-16-32-22(26-20)17-8-12-21(31-3)13-9-17/h6-13,16H,4-5,14-15H2,1-3H3,(H2,25,27,30). The molecular weight excluding hydrogens is 408 g/mol. The van der Waals surface area contributed by atoms with E-state index in [1.807, 2.05) is 38.1 Å². The van der Waals surface area contributed by atoms with Gasteiger partial charge in [0.05, 0.1) is 12.8 Å². The molecule has 0 fully saturated rings. The van der Waals surface area contributed by atoms with Gasteiger partial charge in [0.15, 0.2) is 0 Å². The average Bonchev–Trinajstić information content (AvgIpc) is 3.29. The molecule has 1 heterocycles. The Morgan fingerprint density at radius 1 is 1.03 bits per heavy atom. The van der Waals surface area contributed by atoms with E-state index in [0.717, 1.165) is 17.0 Å². The number of anilines is 1. The van der Waals surface area contributed by atoms with Gasteiger partial charge < -0.3 is 24.7 Å². The molecule has 0 saturated heterocycles. The predicted octanol–water partition coefficient (Wildman–Crippen LogP) is 4.20. The van der Waals surface area contributed by atoms with Crippen LogP contribution in [0.1, 0.15) is 29.9 Å². The highest BCUT2D eigenvalue weighted by molar-refractivity contribution is 5.95. The maximum absolute atomic E-state index is 12.3. The molecular formula is C24H28N4O4. The Balaban J connectivity index is 1.46. The SMILES string of the molecule is CCN(CC)C(=O)c1ccc(NC(=O)NCCc2coc(-c3ccc(OC)cc3)n2)cc1. The van der Waals surface area contributed by atoms with E-state index in [-0.39, 0.29) is 11.9 Å². The Kier molecular flexibility index (Phi) is 7.85. The summed E-state index contributed by atoms with van der Waals surface area (Å²) in [4.78, 5) is 30.7. The zero-order valence-electron chi connectivity index (χ0n) is 18.6. The number of hydrogen-bond acceptors (Lipinski definition) is 5. The third-order valence-electron chi connectivity index (χ3n) is 5.00. The van der Waals surface area contributed by atoms with Crippen LogP contribution < -0.4 is 15.4 Å². The molecule has 0 saturated carbocycles. The van der Waals surface area contributed by atoms with Crippen LogP contribution in [0.5, 0.6) is 5.75 Å². The number of carbonyl (C=O) groups is 2. The summed E-state index contributed by atoms with van der Waals surface area (Å²) in [5.74, 6) is 1.26. The summed E-state index contributed by atoms with van der Waals surface area (Å²) in [7, 11) is 1.62. The second kappa shape index (κ2) is 11.0. The lowest BCUT2D eigenvalue weighted by molar-refractivity contribution is 0.0773. The molecule has 0 spiro atoms. The molecule has 168 valence electrons. The molecule has 0 unspecified atom stereocenters. The Bertz CT molecular complexity index is 1020. The largest absolute Gasteiger partial charge is 0.497 e. The van der Waals surface area contributed by atoms with E-state index in [4.69, 9.17) is 9.15 Å². The van der Waals surface area contributed by atoms with Crippen molar-refractivity contribution >= 4 is 17.6 Å². The fraction of sp³-hybridized carbons (Fsp3) is 0.292. The smallest absolute Gasteiger partial charge is 0.319 e. The first kappa shape index (κ1) is 22.9. The molecule has 0 aliphatic heterocycles. The number of hydrogen-bond donors (Lipinski definition) is 2. The van der Waals surface area contributed by atoms with Crippen molar-refractivity contribution in [2.24, 2.45) is 0 Å². The number of oxazole rings is 1. The summed E-state index contributed by atoms with van der Waals surface area (Å²) in [5.41, 5.74) is 2.81.